The number of halogens is 1. The lowest BCUT2D eigenvalue weighted by Crippen LogP contribution is -2.16. The van der Waals surface area contributed by atoms with Crippen molar-refractivity contribution in [3.63, 3.8) is 0 Å². The van der Waals surface area contributed by atoms with Gasteiger partial charge >= 0.3 is 0 Å². The van der Waals surface area contributed by atoms with E-state index in [4.69, 9.17) is 4.74 Å². The molecule has 2 aromatic rings. The van der Waals surface area contributed by atoms with Crippen LogP contribution in [0.15, 0.2) is 36.8 Å². The summed E-state index contributed by atoms with van der Waals surface area (Å²) in [7, 11) is 1.45. The van der Waals surface area contributed by atoms with E-state index >= 15 is 0 Å². The molecule has 2 rings (SSSR count). The van der Waals surface area contributed by atoms with Crippen molar-refractivity contribution >= 4 is 5.69 Å². The third kappa shape index (κ3) is 3.17. The van der Waals surface area contributed by atoms with E-state index in [0.717, 1.165) is 6.20 Å². The number of ether oxygens (including phenoxy) is 1. The fraction of sp³-hybridized carbons (Fsp3) is 0.231. The van der Waals surface area contributed by atoms with E-state index in [9.17, 15) is 9.50 Å². The van der Waals surface area contributed by atoms with E-state index in [1.54, 1.807) is 24.5 Å². The Hall–Kier alpha value is -2.21. The normalized spacial score (nSPS) is 11.9. The van der Waals surface area contributed by atoms with E-state index in [1.807, 2.05) is 0 Å². The predicted molar refractivity (Wildman–Crippen MR) is 68.4 cm³/mol. The highest BCUT2D eigenvalue weighted by atomic mass is 19.1. The molecule has 0 aromatic carbocycles. The molecule has 0 bridgehead atoms. The number of anilines is 1. The number of pyridine rings is 2. The van der Waals surface area contributed by atoms with Gasteiger partial charge in [0.2, 0.25) is 5.88 Å². The van der Waals surface area contributed by atoms with E-state index in [1.165, 1.54) is 13.2 Å². The Morgan fingerprint density at radius 1 is 1.47 bits per heavy atom. The second kappa shape index (κ2) is 6.10. The standard InChI is InChI=1S/C13H14FN3O2/c1-19-13-11(5-9(14)6-16-13)12(8-18)17-10-3-2-4-15-7-10/h2-7,12,17-18H,8H2,1H3/t12-/m1/s1. The highest BCUT2D eigenvalue weighted by Gasteiger charge is 2.17. The number of aliphatic hydroxyl groups is 1. The van der Waals surface area contributed by atoms with Crippen molar-refractivity contribution in [2.75, 3.05) is 19.0 Å². The summed E-state index contributed by atoms with van der Waals surface area (Å²) in [5, 5.41) is 12.5. The molecule has 2 N–H and O–H groups in total. The lowest BCUT2D eigenvalue weighted by Gasteiger charge is -2.19. The first-order valence-corrected chi connectivity index (χ1v) is 5.71. The van der Waals surface area contributed by atoms with Gasteiger partial charge in [0.05, 0.1) is 31.6 Å². The summed E-state index contributed by atoms with van der Waals surface area (Å²) >= 11 is 0. The van der Waals surface area contributed by atoms with E-state index in [0.29, 0.717) is 11.3 Å². The minimum absolute atomic E-state index is 0.226. The van der Waals surface area contributed by atoms with E-state index < -0.39 is 11.9 Å². The monoisotopic (exact) mass is 263 g/mol. The predicted octanol–water partition coefficient (Wildman–Crippen LogP) is 1.77. The summed E-state index contributed by atoms with van der Waals surface area (Å²) in [6.07, 6.45) is 4.33. The number of nitrogens with one attached hydrogen (secondary N) is 1. The summed E-state index contributed by atoms with van der Waals surface area (Å²) in [6, 6.07) is 4.32. The molecule has 100 valence electrons. The van der Waals surface area contributed by atoms with Gasteiger partial charge in [0.25, 0.3) is 0 Å². The molecule has 0 saturated heterocycles. The highest BCUT2D eigenvalue weighted by molar-refractivity contribution is 5.44. The highest BCUT2D eigenvalue weighted by Crippen LogP contribution is 2.26. The molecule has 0 amide bonds. The smallest absolute Gasteiger partial charge is 0.218 e. The summed E-state index contributed by atoms with van der Waals surface area (Å²) in [6.45, 7) is -0.226. The number of rotatable bonds is 5. The van der Waals surface area contributed by atoms with Gasteiger partial charge in [0.15, 0.2) is 0 Å². The van der Waals surface area contributed by atoms with Crippen LogP contribution in [0.5, 0.6) is 5.88 Å². The number of nitrogens with zero attached hydrogens (tertiary/aromatic N) is 2. The van der Waals surface area contributed by atoms with Crippen molar-refractivity contribution in [2.45, 2.75) is 6.04 Å². The van der Waals surface area contributed by atoms with Crippen LogP contribution < -0.4 is 10.1 Å². The quantitative estimate of drug-likeness (QED) is 0.860. The van der Waals surface area contributed by atoms with Crippen molar-refractivity contribution in [3.05, 3.63) is 48.2 Å². The second-order valence-electron chi connectivity index (χ2n) is 3.87. The van der Waals surface area contributed by atoms with Crippen LogP contribution in [0.2, 0.25) is 0 Å². The van der Waals surface area contributed by atoms with Crippen molar-refractivity contribution < 1.29 is 14.2 Å². The maximum atomic E-state index is 13.3. The summed E-state index contributed by atoms with van der Waals surface area (Å²) in [4.78, 5) is 7.80. The van der Waals surface area contributed by atoms with Gasteiger partial charge in [-0.15, -0.1) is 0 Å². The molecular weight excluding hydrogens is 249 g/mol. The maximum Gasteiger partial charge on any atom is 0.218 e. The van der Waals surface area contributed by atoms with Gasteiger partial charge in [0, 0.05) is 18.0 Å². The minimum atomic E-state index is -0.526. The molecule has 0 aliphatic heterocycles. The molecule has 0 aliphatic carbocycles. The molecule has 5 nitrogen and oxygen atoms in total. The van der Waals surface area contributed by atoms with Gasteiger partial charge in [-0.2, -0.15) is 0 Å². The van der Waals surface area contributed by atoms with Crippen LogP contribution in [0.1, 0.15) is 11.6 Å². The molecule has 0 aliphatic rings. The zero-order valence-corrected chi connectivity index (χ0v) is 10.4. The van der Waals surface area contributed by atoms with Crippen LogP contribution in [-0.4, -0.2) is 28.8 Å². The number of hydrogen-bond donors (Lipinski definition) is 2. The van der Waals surface area contributed by atoms with Crippen molar-refractivity contribution in [3.8, 4) is 5.88 Å². The van der Waals surface area contributed by atoms with Gasteiger partial charge in [0.1, 0.15) is 5.82 Å². The van der Waals surface area contributed by atoms with Gasteiger partial charge < -0.3 is 15.2 Å². The zero-order valence-electron chi connectivity index (χ0n) is 10.4. The maximum absolute atomic E-state index is 13.3. The van der Waals surface area contributed by atoms with Crippen LogP contribution in [0.25, 0.3) is 0 Å². The lowest BCUT2D eigenvalue weighted by molar-refractivity contribution is 0.271. The average Bonchev–Trinajstić information content (AvgIpc) is 2.46. The minimum Gasteiger partial charge on any atom is -0.481 e. The van der Waals surface area contributed by atoms with Crippen LogP contribution in [0.3, 0.4) is 0 Å². The molecule has 1 atom stereocenters. The van der Waals surface area contributed by atoms with Gasteiger partial charge in [-0.05, 0) is 18.2 Å². The molecule has 0 radical (unpaired) electrons. The Balaban J connectivity index is 2.29. The Morgan fingerprint density at radius 2 is 2.32 bits per heavy atom. The molecular formula is C13H14FN3O2. The van der Waals surface area contributed by atoms with Crippen LogP contribution in [0, 0.1) is 5.82 Å². The Kier molecular flexibility index (Phi) is 4.25. The van der Waals surface area contributed by atoms with Crippen molar-refractivity contribution in [1.29, 1.82) is 0 Å². The molecule has 0 fully saturated rings. The summed E-state index contributed by atoms with van der Waals surface area (Å²) in [5.74, 6) is -0.209. The van der Waals surface area contributed by atoms with Gasteiger partial charge in [-0.3, -0.25) is 4.98 Å². The van der Waals surface area contributed by atoms with Crippen LogP contribution in [-0.2, 0) is 0 Å². The molecule has 0 spiro atoms. The fourth-order valence-corrected chi connectivity index (χ4v) is 1.73. The van der Waals surface area contributed by atoms with Gasteiger partial charge in [-0.1, -0.05) is 0 Å². The molecule has 6 heteroatoms. The number of aliphatic hydroxyl groups excluding tert-OH is 1. The van der Waals surface area contributed by atoms with Gasteiger partial charge in [-0.25, -0.2) is 9.37 Å². The molecule has 0 unspecified atom stereocenters. The third-order valence-electron chi connectivity index (χ3n) is 2.60. The van der Waals surface area contributed by atoms with Crippen molar-refractivity contribution in [1.82, 2.24) is 9.97 Å². The van der Waals surface area contributed by atoms with Crippen LogP contribution in [0.4, 0.5) is 10.1 Å². The average molecular weight is 263 g/mol. The third-order valence-corrected chi connectivity index (χ3v) is 2.60. The lowest BCUT2D eigenvalue weighted by atomic mass is 10.1. The molecule has 0 saturated carbocycles. The Bertz CT molecular complexity index is 537. The molecule has 2 aromatic heterocycles. The Morgan fingerprint density at radius 3 is 2.95 bits per heavy atom. The second-order valence-corrected chi connectivity index (χ2v) is 3.87. The number of hydrogen-bond acceptors (Lipinski definition) is 5. The topological polar surface area (TPSA) is 67.3 Å². The Labute approximate surface area is 110 Å². The zero-order chi connectivity index (χ0) is 13.7. The van der Waals surface area contributed by atoms with E-state index in [-0.39, 0.29) is 12.5 Å². The first-order valence-electron chi connectivity index (χ1n) is 5.71. The van der Waals surface area contributed by atoms with Crippen LogP contribution >= 0.6 is 0 Å². The number of aromatic nitrogens is 2. The number of methoxy groups -OCH3 is 1. The molecule has 2 heterocycles. The van der Waals surface area contributed by atoms with Crippen molar-refractivity contribution in [2.24, 2.45) is 0 Å². The fourth-order valence-electron chi connectivity index (χ4n) is 1.73. The summed E-state index contributed by atoms with van der Waals surface area (Å²) in [5.41, 5.74) is 1.17. The van der Waals surface area contributed by atoms with E-state index in [2.05, 4.69) is 15.3 Å². The summed E-state index contributed by atoms with van der Waals surface area (Å²) < 4.78 is 18.4. The SMILES string of the molecule is COc1ncc(F)cc1[C@@H](CO)Nc1cccnc1. The first-order chi connectivity index (χ1) is 9.24. The first kappa shape index (κ1) is 13.2. The largest absolute Gasteiger partial charge is 0.481 e. The molecule has 19 heavy (non-hydrogen) atoms.